The molecule has 0 aliphatic carbocycles. The zero-order valence-corrected chi connectivity index (χ0v) is 12.8. The Morgan fingerprint density at radius 2 is 2.00 bits per heavy atom. The highest BCUT2D eigenvalue weighted by atomic mass is 32.1. The Morgan fingerprint density at radius 1 is 1.36 bits per heavy atom. The molecule has 124 valence electrons. The molecule has 1 aliphatic heterocycles. The number of carbonyl (C=O) groups excluding carboxylic acids is 3. The van der Waals surface area contributed by atoms with Crippen molar-refractivity contribution in [2.24, 2.45) is 11.5 Å². The predicted molar refractivity (Wildman–Crippen MR) is 79.9 cm³/mol. The molecule has 0 aromatic rings. The summed E-state index contributed by atoms with van der Waals surface area (Å²) in [5.74, 6) is -3.15. The van der Waals surface area contributed by atoms with Gasteiger partial charge in [0.15, 0.2) is 0 Å². The minimum absolute atomic E-state index is 0.0603. The molecule has 0 unspecified atom stereocenters. The van der Waals surface area contributed by atoms with E-state index in [1.54, 1.807) is 0 Å². The molecule has 9 nitrogen and oxygen atoms in total. The minimum atomic E-state index is -1.23. The summed E-state index contributed by atoms with van der Waals surface area (Å²) in [4.78, 5) is 47.6. The number of nitrogens with two attached hydrogens (primary N) is 2. The van der Waals surface area contributed by atoms with Crippen molar-refractivity contribution in [3.63, 3.8) is 0 Å². The number of likely N-dealkylation sites (tertiary alicyclic amines) is 1. The maximum absolute atomic E-state index is 12.4. The molecule has 6 N–H and O–H groups in total. The summed E-state index contributed by atoms with van der Waals surface area (Å²) in [6, 6.07) is -3.13. The van der Waals surface area contributed by atoms with Crippen LogP contribution in [0.1, 0.15) is 19.3 Å². The fraction of sp³-hybridized carbons (Fsp3) is 0.667. The van der Waals surface area contributed by atoms with Gasteiger partial charge in [-0.15, -0.1) is 0 Å². The van der Waals surface area contributed by atoms with Crippen molar-refractivity contribution in [2.75, 3.05) is 12.3 Å². The molecule has 10 heteroatoms. The van der Waals surface area contributed by atoms with Crippen LogP contribution in [0.5, 0.6) is 0 Å². The van der Waals surface area contributed by atoms with Crippen LogP contribution in [0.3, 0.4) is 0 Å². The number of carboxylic acid groups (broad SMARTS) is 1. The van der Waals surface area contributed by atoms with Crippen molar-refractivity contribution in [3.8, 4) is 0 Å². The average Bonchev–Trinajstić information content (AvgIpc) is 2.93. The normalized spacial score (nSPS) is 20.3. The lowest BCUT2D eigenvalue weighted by Crippen LogP contribution is -2.55. The third-order valence-corrected chi connectivity index (χ3v) is 3.77. The monoisotopic (exact) mass is 332 g/mol. The number of nitrogens with zero attached hydrogens (tertiary/aromatic N) is 1. The van der Waals surface area contributed by atoms with E-state index in [4.69, 9.17) is 16.6 Å². The minimum Gasteiger partial charge on any atom is -0.480 e. The molecule has 0 spiro atoms. The summed E-state index contributed by atoms with van der Waals surface area (Å²) in [5, 5.41) is 11.4. The fourth-order valence-corrected chi connectivity index (χ4v) is 2.42. The van der Waals surface area contributed by atoms with Crippen molar-refractivity contribution in [1.82, 2.24) is 10.2 Å². The Hall–Kier alpha value is -1.81. The number of thiol groups is 1. The maximum Gasteiger partial charge on any atom is 0.326 e. The van der Waals surface area contributed by atoms with Crippen molar-refractivity contribution < 1.29 is 24.3 Å². The first-order valence-electron chi connectivity index (χ1n) is 6.76. The second kappa shape index (κ2) is 7.99. The molecular weight excluding hydrogens is 312 g/mol. The maximum atomic E-state index is 12.4. The molecular formula is C12H20N4O5S. The molecule has 1 fully saturated rings. The average molecular weight is 332 g/mol. The molecule has 0 aromatic carbocycles. The standard InChI is InChI=1S/C12H20N4O5S/c13-6(5-22)10(18)15-7(4-9(14)17)11(19)16-3-1-2-8(16)12(20)21/h6-8,22H,1-5,13H2,(H2,14,17)(H,15,18)(H,20,21)/t6-,7-,8-/m0/s1. The predicted octanol–water partition coefficient (Wildman–Crippen LogP) is -2.32. The molecule has 3 atom stereocenters. The van der Waals surface area contributed by atoms with Crippen molar-refractivity contribution in [2.45, 2.75) is 37.4 Å². The largest absolute Gasteiger partial charge is 0.480 e. The Bertz CT molecular complexity index is 472. The number of carboxylic acids is 1. The number of carbonyl (C=O) groups is 4. The number of aliphatic carboxylic acids is 1. The van der Waals surface area contributed by atoms with Crippen LogP contribution < -0.4 is 16.8 Å². The Morgan fingerprint density at radius 3 is 2.50 bits per heavy atom. The zero-order valence-electron chi connectivity index (χ0n) is 11.9. The van der Waals surface area contributed by atoms with Crippen LogP contribution in [0, 0.1) is 0 Å². The van der Waals surface area contributed by atoms with Crippen LogP contribution in [0.4, 0.5) is 0 Å². The quantitative estimate of drug-likeness (QED) is 0.329. The van der Waals surface area contributed by atoms with Gasteiger partial charge in [0.25, 0.3) is 0 Å². The van der Waals surface area contributed by atoms with Crippen LogP contribution >= 0.6 is 12.6 Å². The highest BCUT2D eigenvalue weighted by molar-refractivity contribution is 7.80. The van der Waals surface area contributed by atoms with Gasteiger partial charge in [-0.3, -0.25) is 14.4 Å². The van der Waals surface area contributed by atoms with E-state index in [1.807, 2.05) is 0 Å². The van der Waals surface area contributed by atoms with Gasteiger partial charge in [0.1, 0.15) is 12.1 Å². The van der Waals surface area contributed by atoms with Crippen LogP contribution in [0.2, 0.25) is 0 Å². The lowest BCUT2D eigenvalue weighted by Gasteiger charge is -2.27. The van der Waals surface area contributed by atoms with Gasteiger partial charge in [-0.2, -0.15) is 12.6 Å². The van der Waals surface area contributed by atoms with Crippen molar-refractivity contribution >= 4 is 36.3 Å². The van der Waals surface area contributed by atoms with Gasteiger partial charge in [-0.05, 0) is 12.8 Å². The first-order chi connectivity index (χ1) is 10.3. The Labute approximate surface area is 132 Å². The second-order valence-corrected chi connectivity index (χ2v) is 5.41. The van der Waals surface area contributed by atoms with Crippen LogP contribution in [0.25, 0.3) is 0 Å². The smallest absolute Gasteiger partial charge is 0.326 e. The van der Waals surface area contributed by atoms with Gasteiger partial charge in [0.2, 0.25) is 17.7 Å². The second-order valence-electron chi connectivity index (χ2n) is 5.05. The van der Waals surface area contributed by atoms with E-state index in [0.717, 1.165) is 4.90 Å². The number of nitrogens with one attached hydrogen (secondary N) is 1. The van der Waals surface area contributed by atoms with Crippen LogP contribution in [-0.2, 0) is 19.2 Å². The lowest BCUT2D eigenvalue weighted by molar-refractivity contribution is -0.149. The van der Waals surface area contributed by atoms with Gasteiger partial charge in [-0.25, -0.2) is 4.79 Å². The number of amides is 3. The van der Waals surface area contributed by atoms with E-state index >= 15 is 0 Å². The number of hydrogen-bond acceptors (Lipinski definition) is 6. The van der Waals surface area contributed by atoms with Crippen LogP contribution in [-0.4, -0.2) is 64.1 Å². The first-order valence-corrected chi connectivity index (χ1v) is 7.39. The summed E-state index contributed by atoms with van der Waals surface area (Å²) in [6.45, 7) is 0.250. The number of hydrogen-bond donors (Lipinski definition) is 5. The summed E-state index contributed by atoms with van der Waals surface area (Å²) in [6.07, 6.45) is 0.442. The van der Waals surface area contributed by atoms with E-state index in [1.165, 1.54) is 0 Å². The Kier molecular flexibility index (Phi) is 6.62. The van der Waals surface area contributed by atoms with E-state index < -0.39 is 48.2 Å². The van der Waals surface area contributed by atoms with Crippen LogP contribution in [0.15, 0.2) is 0 Å². The zero-order chi connectivity index (χ0) is 16.9. The molecule has 0 bridgehead atoms. The summed E-state index contributed by atoms with van der Waals surface area (Å²) in [5.41, 5.74) is 10.6. The van der Waals surface area contributed by atoms with Gasteiger partial charge < -0.3 is 26.8 Å². The molecule has 1 saturated heterocycles. The topological polar surface area (TPSA) is 156 Å². The molecule has 0 radical (unpaired) electrons. The third kappa shape index (κ3) is 4.60. The molecule has 1 aliphatic rings. The van der Waals surface area contributed by atoms with Crippen molar-refractivity contribution in [3.05, 3.63) is 0 Å². The van der Waals surface area contributed by atoms with Crippen molar-refractivity contribution in [1.29, 1.82) is 0 Å². The molecule has 22 heavy (non-hydrogen) atoms. The molecule has 1 rings (SSSR count). The number of primary amides is 1. The van der Waals surface area contributed by atoms with Gasteiger partial charge in [0.05, 0.1) is 12.5 Å². The number of rotatable bonds is 7. The molecule has 1 heterocycles. The summed E-state index contributed by atoms with van der Waals surface area (Å²) < 4.78 is 0. The first kappa shape index (κ1) is 18.2. The SMILES string of the molecule is NC(=O)C[C@H](NC(=O)[C@@H](N)CS)C(=O)N1CCC[C@H]1C(=O)O. The van der Waals surface area contributed by atoms with Gasteiger partial charge in [-0.1, -0.05) is 0 Å². The summed E-state index contributed by atoms with van der Waals surface area (Å²) in [7, 11) is 0. The Balaban J connectivity index is 2.86. The molecule has 0 aromatic heterocycles. The third-order valence-electron chi connectivity index (χ3n) is 3.37. The highest BCUT2D eigenvalue weighted by Gasteiger charge is 2.38. The van der Waals surface area contributed by atoms with Gasteiger partial charge in [0, 0.05) is 12.3 Å². The van der Waals surface area contributed by atoms with E-state index in [0.29, 0.717) is 12.8 Å². The van der Waals surface area contributed by atoms with E-state index in [2.05, 4.69) is 17.9 Å². The van der Waals surface area contributed by atoms with E-state index in [9.17, 15) is 19.2 Å². The summed E-state index contributed by atoms with van der Waals surface area (Å²) >= 11 is 3.88. The molecule has 0 saturated carbocycles. The van der Waals surface area contributed by atoms with E-state index in [-0.39, 0.29) is 12.3 Å². The molecule has 3 amide bonds. The highest BCUT2D eigenvalue weighted by Crippen LogP contribution is 2.19. The van der Waals surface area contributed by atoms with Gasteiger partial charge >= 0.3 is 5.97 Å². The fourth-order valence-electron chi connectivity index (χ4n) is 2.25. The lowest BCUT2D eigenvalue weighted by atomic mass is 10.1.